The van der Waals surface area contributed by atoms with Crippen LogP contribution < -0.4 is 5.32 Å². The number of likely N-dealkylation sites (tertiary alicyclic amines) is 1. The third-order valence-corrected chi connectivity index (χ3v) is 5.02. The predicted octanol–water partition coefficient (Wildman–Crippen LogP) is 4.66. The molecule has 6 heteroatoms. The summed E-state index contributed by atoms with van der Waals surface area (Å²) in [7, 11) is 0. The molecule has 0 radical (unpaired) electrons. The van der Waals surface area contributed by atoms with Gasteiger partial charge in [-0.25, -0.2) is 0 Å². The van der Waals surface area contributed by atoms with Gasteiger partial charge in [0.05, 0.1) is 5.56 Å². The van der Waals surface area contributed by atoms with Gasteiger partial charge in [0, 0.05) is 18.7 Å². The first kappa shape index (κ1) is 20.4. The quantitative estimate of drug-likeness (QED) is 0.778. The van der Waals surface area contributed by atoms with Crippen LogP contribution in [0.1, 0.15) is 46.3 Å². The third kappa shape index (κ3) is 5.83. The Balaban J connectivity index is 1.50. The molecule has 3 nitrogen and oxygen atoms in total. The fraction of sp³-hybridized carbons (Fsp3) is 0.409. The minimum absolute atomic E-state index is 0.160. The summed E-state index contributed by atoms with van der Waals surface area (Å²) in [6, 6.07) is 12.7. The maximum atomic E-state index is 12.6. The molecule has 0 bridgehead atoms. The Bertz CT molecular complexity index is 781. The molecule has 28 heavy (non-hydrogen) atoms. The number of hydrogen-bond acceptors (Lipinski definition) is 2. The first-order valence-electron chi connectivity index (χ1n) is 9.67. The van der Waals surface area contributed by atoms with Gasteiger partial charge in [-0.05, 0) is 67.7 Å². The maximum Gasteiger partial charge on any atom is 0.416 e. The van der Waals surface area contributed by atoms with Crippen LogP contribution in [0.15, 0.2) is 48.5 Å². The van der Waals surface area contributed by atoms with Crippen molar-refractivity contribution in [3.63, 3.8) is 0 Å². The molecule has 0 spiro atoms. The summed E-state index contributed by atoms with van der Waals surface area (Å²) in [4.78, 5) is 14.8. The number of amides is 1. The van der Waals surface area contributed by atoms with E-state index >= 15 is 0 Å². The molecule has 150 valence electrons. The van der Waals surface area contributed by atoms with Crippen LogP contribution in [0.4, 0.5) is 13.2 Å². The number of piperidine rings is 1. The standard InChI is InChI=1S/C22H25F3N2O/c23-22(24,25)20-9-7-17(8-10-20)11-12-26-21(28)19-6-4-5-18(15-19)16-27-13-2-1-3-14-27/h4-10,15H,1-3,11-14,16H2,(H,26,28). The molecule has 3 rings (SSSR count). The molecule has 1 N–H and O–H groups in total. The van der Waals surface area contributed by atoms with Gasteiger partial charge < -0.3 is 5.32 Å². The summed E-state index contributed by atoms with van der Waals surface area (Å²) < 4.78 is 37.8. The number of rotatable bonds is 6. The average Bonchev–Trinajstić information content (AvgIpc) is 2.68. The number of benzene rings is 2. The predicted molar refractivity (Wildman–Crippen MR) is 103 cm³/mol. The SMILES string of the molecule is O=C(NCCc1ccc(C(F)(F)F)cc1)c1cccc(CN2CCCCC2)c1. The zero-order valence-electron chi connectivity index (χ0n) is 15.8. The minimum Gasteiger partial charge on any atom is -0.352 e. The summed E-state index contributed by atoms with van der Waals surface area (Å²) in [6.45, 7) is 3.43. The van der Waals surface area contributed by atoms with Gasteiger partial charge in [-0.2, -0.15) is 13.2 Å². The molecule has 1 saturated heterocycles. The van der Waals surface area contributed by atoms with E-state index in [1.54, 1.807) is 6.07 Å². The lowest BCUT2D eigenvalue weighted by Crippen LogP contribution is -2.29. The van der Waals surface area contributed by atoms with E-state index in [1.165, 1.54) is 31.4 Å². The van der Waals surface area contributed by atoms with Crippen molar-refractivity contribution in [1.82, 2.24) is 10.2 Å². The Kier molecular flexibility index (Phi) is 6.73. The van der Waals surface area contributed by atoms with E-state index in [2.05, 4.69) is 10.2 Å². The fourth-order valence-electron chi connectivity index (χ4n) is 3.47. The van der Waals surface area contributed by atoms with Crippen LogP contribution in [0, 0.1) is 0 Å². The van der Waals surface area contributed by atoms with Gasteiger partial charge in [0.25, 0.3) is 5.91 Å². The van der Waals surface area contributed by atoms with Crippen molar-refractivity contribution in [2.24, 2.45) is 0 Å². The van der Waals surface area contributed by atoms with Crippen molar-refractivity contribution in [3.8, 4) is 0 Å². The Morgan fingerprint density at radius 2 is 1.68 bits per heavy atom. The Labute approximate surface area is 163 Å². The molecule has 1 aliphatic rings. The molecular formula is C22H25F3N2O. The van der Waals surface area contributed by atoms with E-state index in [4.69, 9.17) is 0 Å². The number of nitrogens with zero attached hydrogens (tertiary/aromatic N) is 1. The van der Waals surface area contributed by atoms with Crippen LogP contribution in [0.2, 0.25) is 0 Å². The Morgan fingerprint density at radius 3 is 2.36 bits per heavy atom. The van der Waals surface area contributed by atoms with Gasteiger partial charge in [0.1, 0.15) is 0 Å². The van der Waals surface area contributed by atoms with Crippen LogP contribution in [0.5, 0.6) is 0 Å². The molecule has 2 aromatic rings. The maximum absolute atomic E-state index is 12.6. The van der Waals surface area contributed by atoms with Gasteiger partial charge in [-0.15, -0.1) is 0 Å². The number of hydrogen-bond donors (Lipinski definition) is 1. The lowest BCUT2D eigenvalue weighted by molar-refractivity contribution is -0.137. The number of halogens is 3. The first-order chi connectivity index (χ1) is 13.4. The van der Waals surface area contributed by atoms with Crippen molar-refractivity contribution in [1.29, 1.82) is 0 Å². The molecule has 2 aromatic carbocycles. The van der Waals surface area contributed by atoms with Crippen LogP contribution in [0.3, 0.4) is 0 Å². The topological polar surface area (TPSA) is 32.3 Å². The van der Waals surface area contributed by atoms with Crippen LogP contribution in [-0.2, 0) is 19.1 Å². The van der Waals surface area contributed by atoms with Crippen LogP contribution >= 0.6 is 0 Å². The van der Waals surface area contributed by atoms with E-state index < -0.39 is 11.7 Å². The van der Waals surface area contributed by atoms with Gasteiger partial charge in [0.2, 0.25) is 0 Å². The van der Waals surface area contributed by atoms with Gasteiger partial charge in [-0.1, -0.05) is 30.7 Å². The highest BCUT2D eigenvalue weighted by molar-refractivity contribution is 5.94. The van der Waals surface area contributed by atoms with Gasteiger partial charge in [0.15, 0.2) is 0 Å². The minimum atomic E-state index is -4.33. The third-order valence-electron chi connectivity index (χ3n) is 5.02. The normalized spacial score (nSPS) is 15.4. The van der Waals surface area contributed by atoms with E-state index in [-0.39, 0.29) is 5.91 Å². The molecule has 1 heterocycles. The highest BCUT2D eigenvalue weighted by atomic mass is 19.4. The number of carbonyl (C=O) groups is 1. The molecule has 0 saturated carbocycles. The zero-order valence-corrected chi connectivity index (χ0v) is 15.8. The van der Waals surface area contributed by atoms with Crippen molar-refractivity contribution >= 4 is 5.91 Å². The van der Waals surface area contributed by atoms with Gasteiger partial charge in [-0.3, -0.25) is 9.69 Å². The lowest BCUT2D eigenvalue weighted by Gasteiger charge is -2.26. The van der Waals surface area contributed by atoms with Crippen molar-refractivity contribution < 1.29 is 18.0 Å². The molecule has 1 aliphatic heterocycles. The van der Waals surface area contributed by atoms with Crippen LogP contribution in [-0.4, -0.2) is 30.4 Å². The number of alkyl halides is 3. The second kappa shape index (κ2) is 9.24. The molecular weight excluding hydrogens is 365 g/mol. The Morgan fingerprint density at radius 1 is 0.964 bits per heavy atom. The fourth-order valence-corrected chi connectivity index (χ4v) is 3.47. The summed E-state index contributed by atoms with van der Waals surface area (Å²) >= 11 is 0. The molecule has 1 fully saturated rings. The van der Waals surface area contributed by atoms with Crippen LogP contribution in [0.25, 0.3) is 0 Å². The molecule has 1 amide bonds. The second-order valence-corrected chi connectivity index (χ2v) is 7.24. The summed E-state index contributed by atoms with van der Waals surface area (Å²) in [6.07, 6.45) is -0.102. The largest absolute Gasteiger partial charge is 0.416 e. The zero-order chi connectivity index (χ0) is 20.0. The molecule has 0 aromatic heterocycles. The highest BCUT2D eigenvalue weighted by Gasteiger charge is 2.29. The molecule has 0 aliphatic carbocycles. The smallest absolute Gasteiger partial charge is 0.352 e. The van der Waals surface area contributed by atoms with Gasteiger partial charge >= 0.3 is 6.18 Å². The van der Waals surface area contributed by atoms with Crippen molar-refractivity contribution in [2.75, 3.05) is 19.6 Å². The van der Waals surface area contributed by atoms with E-state index in [0.29, 0.717) is 18.5 Å². The molecule has 0 atom stereocenters. The molecule has 0 unspecified atom stereocenters. The number of carbonyl (C=O) groups excluding carboxylic acids is 1. The average molecular weight is 390 g/mol. The van der Waals surface area contributed by atoms with E-state index in [9.17, 15) is 18.0 Å². The Hall–Kier alpha value is -2.34. The summed E-state index contributed by atoms with van der Waals surface area (Å²) in [5, 5.41) is 2.85. The number of nitrogens with one attached hydrogen (secondary N) is 1. The highest BCUT2D eigenvalue weighted by Crippen LogP contribution is 2.29. The van der Waals surface area contributed by atoms with Crippen molar-refractivity contribution in [3.05, 3.63) is 70.8 Å². The second-order valence-electron chi connectivity index (χ2n) is 7.24. The van der Waals surface area contributed by atoms with Crippen molar-refractivity contribution in [2.45, 2.75) is 38.4 Å². The monoisotopic (exact) mass is 390 g/mol. The van der Waals surface area contributed by atoms with E-state index in [0.717, 1.165) is 42.9 Å². The first-order valence-corrected chi connectivity index (χ1v) is 9.67. The van der Waals surface area contributed by atoms with E-state index in [1.807, 2.05) is 18.2 Å². The lowest BCUT2D eigenvalue weighted by atomic mass is 10.1. The summed E-state index contributed by atoms with van der Waals surface area (Å²) in [5.41, 5.74) is 1.83. The summed E-state index contributed by atoms with van der Waals surface area (Å²) in [5.74, 6) is -0.160.